The molecule has 0 aliphatic rings. The van der Waals surface area contributed by atoms with Gasteiger partial charge < -0.3 is 28.8 Å². The van der Waals surface area contributed by atoms with Gasteiger partial charge in [-0.2, -0.15) is 0 Å². The van der Waals surface area contributed by atoms with Gasteiger partial charge in [-0.1, -0.05) is 246 Å². The highest BCUT2D eigenvalue weighted by Gasteiger charge is 2.24. The van der Waals surface area contributed by atoms with Crippen LogP contribution in [0.5, 0.6) is 0 Å². The van der Waals surface area contributed by atoms with Crippen LogP contribution in [-0.2, 0) is 18.4 Å². The molecule has 3 atom stereocenters. The van der Waals surface area contributed by atoms with Gasteiger partial charge in [0.05, 0.1) is 39.9 Å². The number of amides is 1. The molecule has 0 radical (unpaired) electrons. The molecule has 0 saturated carbocycles. The molecule has 8 nitrogen and oxygen atoms in total. The number of phosphoric acid groups is 1. The Hall–Kier alpha value is -2.58. The summed E-state index contributed by atoms with van der Waals surface area (Å²) in [5, 5.41) is 13.9. The van der Waals surface area contributed by atoms with E-state index in [1.54, 1.807) is 0 Å². The van der Waals surface area contributed by atoms with Gasteiger partial charge in [0.2, 0.25) is 5.91 Å². The fourth-order valence-electron chi connectivity index (χ4n) is 7.88. The Bertz CT molecular complexity index is 1460. The Labute approximate surface area is 432 Å². The zero-order valence-electron chi connectivity index (χ0n) is 45.9. The number of phosphoric ester groups is 1. The van der Waals surface area contributed by atoms with E-state index >= 15 is 0 Å². The van der Waals surface area contributed by atoms with Crippen LogP contribution in [0, 0.1) is 0 Å². The second-order valence-electron chi connectivity index (χ2n) is 20.3. The molecule has 0 spiro atoms. The lowest BCUT2D eigenvalue weighted by Gasteiger charge is -2.30. The molecule has 3 unspecified atom stereocenters. The van der Waals surface area contributed by atoms with Gasteiger partial charge in [-0.25, -0.2) is 0 Å². The van der Waals surface area contributed by atoms with E-state index in [0.717, 1.165) is 89.9 Å². The number of nitrogens with one attached hydrogen (secondary N) is 1. The quantitative estimate of drug-likeness (QED) is 0.0272. The van der Waals surface area contributed by atoms with Crippen LogP contribution in [0.1, 0.15) is 232 Å². The molecular weight excluding hydrogens is 888 g/mol. The summed E-state index contributed by atoms with van der Waals surface area (Å²) < 4.78 is 23.3. The average Bonchev–Trinajstić information content (AvgIpc) is 3.32. The number of quaternary nitrogens is 1. The lowest BCUT2D eigenvalue weighted by Crippen LogP contribution is -2.46. The van der Waals surface area contributed by atoms with Gasteiger partial charge in [0.1, 0.15) is 13.2 Å². The SMILES string of the molecule is CC/C=C\C/C=C\C/C=C\C/C=C\C/C=C\C/C=C\C/C=C\C/C=C\CCCCCCCCCCCCCCC(=O)NC(COP(=O)([O-])OCC[N+](C)(C)C)C(O)CCCCCCCCCCCCC. The van der Waals surface area contributed by atoms with Crippen molar-refractivity contribution in [1.29, 1.82) is 0 Å². The summed E-state index contributed by atoms with van der Waals surface area (Å²) in [7, 11) is 1.29. The number of aliphatic hydroxyl groups is 1. The molecule has 0 heterocycles. The van der Waals surface area contributed by atoms with Crippen molar-refractivity contribution in [2.75, 3.05) is 40.9 Å². The van der Waals surface area contributed by atoms with Crippen molar-refractivity contribution < 1.29 is 32.9 Å². The molecule has 0 aliphatic carbocycles. The second kappa shape index (κ2) is 51.3. The summed E-state index contributed by atoms with van der Waals surface area (Å²) in [5.41, 5.74) is 0. The van der Waals surface area contributed by atoms with Crippen LogP contribution in [0.25, 0.3) is 0 Å². The third-order valence-corrected chi connectivity index (χ3v) is 13.3. The molecule has 0 aromatic carbocycles. The monoisotopic (exact) mass is 997 g/mol. The molecule has 0 fully saturated rings. The highest BCUT2D eigenvalue weighted by Crippen LogP contribution is 2.38. The van der Waals surface area contributed by atoms with Gasteiger partial charge in [-0.05, 0) is 77.0 Å². The van der Waals surface area contributed by atoms with Crippen LogP contribution in [0.2, 0.25) is 0 Å². The van der Waals surface area contributed by atoms with Crippen molar-refractivity contribution in [2.24, 2.45) is 0 Å². The lowest BCUT2D eigenvalue weighted by molar-refractivity contribution is -0.870. The first-order valence-corrected chi connectivity index (χ1v) is 30.0. The Balaban J connectivity index is 4.02. The van der Waals surface area contributed by atoms with Crippen molar-refractivity contribution in [3.8, 4) is 0 Å². The lowest BCUT2D eigenvalue weighted by atomic mass is 10.0. The van der Waals surface area contributed by atoms with E-state index in [1.807, 2.05) is 21.1 Å². The number of carbonyl (C=O) groups excluding carboxylic acids is 1. The van der Waals surface area contributed by atoms with Crippen LogP contribution in [-0.4, -0.2) is 68.5 Å². The molecule has 0 aromatic heterocycles. The molecule has 0 aliphatic heterocycles. The molecule has 1 amide bonds. The fraction of sp³-hybridized carbons (Fsp3) is 0.721. The number of unbranched alkanes of at least 4 members (excludes halogenated alkanes) is 22. The van der Waals surface area contributed by atoms with Crippen LogP contribution in [0.3, 0.4) is 0 Å². The molecule has 0 saturated heterocycles. The van der Waals surface area contributed by atoms with Gasteiger partial charge in [0.15, 0.2) is 0 Å². The predicted molar refractivity (Wildman–Crippen MR) is 302 cm³/mol. The topological polar surface area (TPSA) is 108 Å². The minimum atomic E-state index is -4.57. The van der Waals surface area contributed by atoms with E-state index in [0.29, 0.717) is 23.9 Å². The highest BCUT2D eigenvalue weighted by atomic mass is 31.2. The first-order valence-electron chi connectivity index (χ1n) is 28.6. The van der Waals surface area contributed by atoms with Crippen LogP contribution >= 0.6 is 7.82 Å². The molecule has 0 rings (SSSR count). The number of likely N-dealkylation sites (N-methyl/N-ethyl adjacent to an activating group) is 1. The van der Waals surface area contributed by atoms with E-state index < -0.39 is 20.0 Å². The zero-order chi connectivity index (χ0) is 51.3. The minimum Gasteiger partial charge on any atom is -0.756 e. The number of nitrogens with zero attached hydrogens (tertiary/aromatic N) is 1. The number of rotatable bonds is 51. The van der Waals surface area contributed by atoms with E-state index in [-0.39, 0.29) is 19.1 Å². The predicted octanol–water partition coefficient (Wildman–Crippen LogP) is 16.8. The van der Waals surface area contributed by atoms with Crippen molar-refractivity contribution in [3.05, 3.63) is 97.2 Å². The molecule has 0 bridgehead atoms. The van der Waals surface area contributed by atoms with Gasteiger partial charge in [0.25, 0.3) is 7.82 Å². The van der Waals surface area contributed by atoms with E-state index in [4.69, 9.17) is 9.05 Å². The van der Waals surface area contributed by atoms with Gasteiger partial charge >= 0.3 is 0 Å². The number of aliphatic hydroxyl groups excluding tert-OH is 1. The van der Waals surface area contributed by atoms with Crippen molar-refractivity contribution in [1.82, 2.24) is 5.32 Å². The largest absolute Gasteiger partial charge is 0.756 e. The van der Waals surface area contributed by atoms with Crippen molar-refractivity contribution >= 4 is 13.7 Å². The van der Waals surface area contributed by atoms with Crippen LogP contribution < -0.4 is 10.2 Å². The van der Waals surface area contributed by atoms with E-state index in [1.165, 1.54) is 116 Å². The number of hydrogen-bond acceptors (Lipinski definition) is 6. The Kier molecular flexibility index (Phi) is 49.4. The Morgan fingerprint density at radius 2 is 0.871 bits per heavy atom. The maximum Gasteiger partial charge on any atom is 0.268 e. The maximum absolute atomic E-state index is 12.9. The number of hydrogen-bond donors (Lipinski definition) is 2. The Morgan fingerprint density at radius 1 is 0.514 bits per heavy atom. The van der Waals surface area contributed by atoms with Crippen molar-refractivity contribution in [2.45, 2.75) is 244 Å². The van der Waals surface area contributed by atoms with Crippen LogP contribution in [0.15, 0.2) is 97.2 Å². The smallest absolute Gasteiger partial charge is 0.268 e. The summed E-state index contributed by atoms with van der Waals surface area (Å²) in [4.78, 5) is 25.4. The fourth-order valence-corrected chi connectivity index (χ4v) is 8.60. The standard InChI is InChI=1S/C61H109N2O6P/c1-6-8-10-12-14-16-18-19-20-21-22-23-24-25-26-27-28-29-30-31-32-33-34-35-36-37-38-39-40-41-42-43-45-47-49-51-53-55-61(65)62-59(58-69-70(66,67)68-57-56-63(3,4)5)60(64)54-52-50-48-46-44-17-15-13-11-9-7-2/h8,10,14,16,19-20,22-23,25-26,28-29,31-32,34-35,59-60,64H,6-7,9,11-13,15,17-18,21,24,27,30,33,36-58H2,1-5H3,(H-,62,65,66,67)/b10-8-,16-14-,20-19-,23-22-,26-25-,29-28-,32-31-,35-34-. The maximum atomic E-state index is 12.9. The third-order valence-electron chi connectivity index (χ3n) is 12.3. The highest BCUT2D eigenvalue weighted by molar-refractivity contribution is 7.45. The summed E-state index contributed by atoms with van der Waals surface area (Å²) >= 11 is 0. The summed E-state index contributed by atoms with van der Waals surface area (Å²) in [6.45, 7) is 4.59. The summed E-state index contributed by atoms with van der Waals surface area (Å²) in [6, 6.07) is -0.805. The second-order valence-corrected chi connectivity index (χ2v) is 21.7. The minimum absolute atomic E-state index is 0.00835. The zero-order valence-corrected chi connectivity index (χ0v) is 46.8. The molecule has 70 heavy (non-hydrogen) atoms. The molecule has 9 heteroatoms. The molecular formula is C61H109N2O6P. The van der Waals surface area contributed by atoms with Gasteiger partial charge in [-0.3, -0.25) is 9.36 Å². The normalized spacial score (nSPS) is 14.7. The van der Waals surface area contributed by atoms with E-state index in [9.17, 15) is 19.4 Å². The molecule has 2 N–H and O–H groups in total. The first kappa shape index (κ1) is 67.4. The summed E-state index contributed by atoms with van der Waals surface area (Å²) in [5.74, 6) is -0.171. The molecule has 0 aromatic rings. The summed E-state index contributed by atoms with van der Waals surface area (Å²) in [6.07, 6.45) is 73.0. The molecule has 404 valence electrons. The Morgan fingerprint density at radius 3 is 1.27 bits per heavy atom. The average molecular weight is 998 g/mol. The van der Waals surface area contributed by atoms with E-state index in [2.05, 4.69) is 116 Å². The third kappa shape index (κ3) is 53.2. The van der Waals surface area contributed by atoms with Gasteiger partial charge in [-0.15, -0.1) is 0 Å². The first-order chi connectivity index (χ1) is 34.0. The van der Waals surface area contributed by atoms with Crippen molar-refractivity contribution in [3.63, 3.8) is 0 Å². The van der Waals surface area contributed by atoms with Crippen LogP contribution in [0.4, 0.5) is 0 Å². The van der Waals surface area contributed by atoms with Gasteiger partial charge in [0, 0.05) is 6.42 Å². The number of allylic oxidation sites excluding steroid dienone is 16. The number of carbonyl (C=O) groups is 1.